The molecule has 2 heteroatoms. The molecule has 88 valence electrons. The first-order chi connectivity index (χ1) is 7.47. The SMILES string of the molecule is C1CCC([NH+]2CCCCCOCC2)CC1. The molecule has 15 heavy (non-hydrogen) atoms. The van der Waals surface area contributed by atoms with Crippen LogP contribution in [0, 0.1) is 0 Å². The van der Waals surface area contributed by atoms with Gasteiger partial charge in [-0.05, 0) is 44.9 Å². The van der Waals surface area contributed by atoms with E-state index >= 15 is 0 Å². The summed E-state index contributed by atoms with van der Waals surface area (Å²) in [5.41, 5.74) is 0. The van der Waals surface area contributed by atoms with E-state index in [-0.39, 0.29) is 0 Å². The molecule has 0 aromatic heterocycles. The first kappa shape index (κ1) is 11.4. The third-order valence-electron chi connectivity index (χ3n) is 4.04. The lowest BCUT2D eigenvalue weighted by Crippen LogP contribution is -3.16. The summed E-state index contributed by atoms with van der Waals surface area (Å²) in [6.07, 6.45) is 11.4. The van der Waals surface area contributed by atoms with E-state index in [1.165, 1.54) is 64.5 Å². The summed E-state index contributed by atoms with van der Waals surface area (Å²) < 4.78 is 5.65. The largest absolute Gasteiger partial charge is 0.376 e. The highest BCUT2D eigenvalue weighted by Crippen LogP contribution is 2.15. The van der Waals surface area contributed by atoms with E-state index in [9.17, 15) is 0 Å². The van der Waals surface area contributed by atoms with Crippen molar-refractivity contribution < 1.29 is 9.64 Å². The molecule has 1 aliphatic heterocycles. The van der Waals surface area contributed by atoms with E-state index in [1.807, 2.05) is 4.90 Å². The zero-order chi connectivity index (χ0) is 10.3. The van der Waals surface area contributed by atoms with Gasteiger partial charge in [0.2, 0.25) is 0 Å². The fourth-order valence-electron chi connectivity index (χ4n) is 3.08. The van der Waals surface area contributed by atoms with Gasteiger partial charge in [-0.25, -0.2) is 0 Å². The summed E-state index contributed by atoms with van der Waals surface area (Å²) in [7, 11) is 0. The number of nitrogens with one attached hydrogen (secondary N) is 1. The Morgan fingerprint density at radius 3 is 2.40 bits per heavy atom. The molecule has 0 bridgehead atoms. The average molecular weight is 212 g/mol. The van der Waals surface area contributed by atoms with Crippen molar-refractivity contribution in [2.45, 2.75) is 57.4 Å². The Morgan fingerprint density at radius 1 is 0.733 bits per heavy atom. The Bertz CT molecular complexity index is 156. The highest BCUT2D eigenvalue weighted by atomic mass is 16.5. The highest BCUT2D eigenvalue weighted by molar-refractivity contribution is 4.64. The van der Waals surface area contributed by atoms with E-state index < -0.39 is 0 Å². The van der Waals surface area contributed by atoms with Crippen LogP contribution in [0.2, 0.25) is 0 Å². The van der Waals surface area contributed by atoms with Gasteiger partial charge in [0.1, 0.15) is 6.54 Å². The second-order valence-corrected chi connectivity index (χ2v) is 5.17. The molecule has 0 aromatic rings. The summed E-state index contributed by atoms with van der Waals surface area (Å²) in [5.74, 6) is 0. The van der Waals surface area contributed by atoms with Gasteiger partial charge in [-0.3, -0.25) is 0 Å². The molecule has 1 saturated heterocycles. The maximum atomic E-state index is 5.65. The molecule has 1 N–H and O–H groups in total. The molecule has 1 atom stereocenters. The normalized spacial score (nSPS) is 31.6. The first-order valence-corrected chi connectivity index (χ1v) is 6.89. The van der Waals surface area contributed by atoms with Crippen molar-refractivity contribution in [3.63, 3.8) is 0 Å². The van der Waals surface area contributed by atoms with Gasteiger partial charge in [-0.15, -0.1) is 0 Å². The van der Waals surface area contributed by atoms with Crippen LogP contribution in [0.3, 0.4) is 0 Å². The molecule has 0 radical (unpaired) electrons. The molecule has 0 spiro atoms. The third-order valence-corrected chi connectivity index (χ3v) is 4.04. The summed E-state index contributed by atoms with van der Waals surface area (Å²) in [4.78, 5) is 1.84. The molecule has 1 heterocycles. The third kappa shape index (κ3) is 3.76. The number of hydrogen-bond donors (Lipinski definition) is 1. The molecular weight excluding hydrogens is 186 g/mol. The second-order valence-electron chi connectivity index (χ2n) is 5.17. The van der Waals surface area contributed by atoms with Crippen LogP contribution in [0.5, 0.6) is 0 Å². The van der Waals surface area contributed by atoms with Crippen LogP contribution in [0.25, 0.3) is 0 Å². The Morgan fingerprint density at radius 2 is 1.53 bits per heavy atom. The molecule has 2 aliphatic rings. The number of rotatable bonds is 1. The quantitative estimate of drug-likeness (QED) is 0.694. The topological polar surface area (TPSA) is 13.7 Å². The van der Waals surface area contributed by atoms with E-state index in [2.05, 4.69) is 0 Å². The summed E-state index contributed by atoms with van der Waals surface area (Å²) in [5, 5.41) is 0. The van der Waals surface area contributed by atoms with E-state index in [0.29, 0.717) is 0 Å². The lowest BCUT2D eigenvalue weighted by Gasteiger charge is -2.31. The maximum Gasteiger partial charge on any atom is 0.101 e. The zero-order valence-electron chi connectivity index (χ0n) is 9.97. The predicted molar refractivity (Wildman–Crippen MR) is 62.2 cm³/mol. The van der Waals surface area contributed by atoms with Crippen molar-refractivity contribution >= 4 is 0 Å². The lowest BCUT2D eigenvalue weighted by atomic mass is 9.94. The van der Waals surface area contributed by atoms with E-state index in [1.54, 1.807) is 0 Å². The summed E-state index contributed by atoms with van der Waals surface area (Å²) in [6, 6.07) is 0.959. The predicted octanol–water partition coefficient (Wildman–Crippen LogP) is 1.40. The van der Waals surface area contributed by atoms with Gasteiger partial charge in [-0.2, -0.15) is 0 Å². The molecule has 2 nitrogen and oxygen atoms in total. The molecule has 1 unspecified atom stereocenters. The van der Waals surface area contributed by atoms with Gasteiger partial charge in [0.25, 0.3) is 0 Å². The Balaban J connectivity index is 1.80. The highest BCUT2D eigenvalue weighted by Gasteiger charge is 2.24. The van der Waals surface area contributed by atoms with Crippen molar-refractivity contribution in [3.05, 3.63) is 0 Å². The monoisotopic (exact) mass is 212 g/mol. The fourth-order valence-corrected chi connectivity index (χ4v) is 3.08. The van der Waals surface area contributed by atoms with Gasteiger partial charge in [-0.1, -0.05) is 6.42 Å². The van der Waals surface area contributed by atoms with Gasteiger partial charge in [0, 0.05) is 6.61 Å². The van der Waals surface area contributed by atoms with Crippen LogP contribution in [-0.2, 0) is 4.74 Å². The van der Waals surface area contributed by atoms with Crippen molar-refractivity contribution in [3.8, 4) is 0 Å². The number of ether oxygens (including phenoxy) is 1. The van der Waals surface area contributed by atoms with Gasteiger partial charge in [0.05, 0.1) is 19.2 Å². The standard InChI is InChI=1S/C13H25NO/c1-3-7-13(8-4-1)14-9-5-2-6-11-15-12-10-14/h13H,1-12H2/p+1. The molecular formula is C13H26NO+. The summed E-state index contributed by atoms with van der Waals surface area (Å²) in [6.45, 7) is 4.64. The molecule has 2 rings (SSSR count). The van der Waals surface area contributed by atoms with Gasteiger partial charge in [0.15, 0.2) is 0 Å². The van der Waals surface area contributed by atoms with Crippen LogP contribution in [-0.4, -0.2) is 32.3 Å². The van der Waals surface area contributed by atoms with Crippen molar-refractivity contribution in [1.82, 2.24) is 0 Å². The Kier molecular flexibility index (Phi) is 4.94. The zero-order valence-corrected chi connectivity index (χ0v) is 9.97. The smallest absolute Gasteiger partial charge is 0.101 e. The Labute approximate surface area is 94.0 Å². The molecule has 2 fully saturated rings. The minimum atomic E-state index is 0.959. The first-order valence-electron chi connectivity index (χ1n) is 6.89. The van der Waals surface area contributed by atoms with Gasteiger partial charge >= 0.3 is 0 Å². The van der Waals surface area contributed by atoms with E-state index in [0.717, 1.165) is 19.3 Å². The minimum absolute atomic E-state index is 0.959. The summed E-state index contributed by atoms with van der Waals surface area (Å²) >= 11 is 0. The van der Waals surface area contributed by atoms with Crippen molar-refractivity contribution in [2.24, 2.45) is 0 Å². The van der Waals surface area contributed by atoms with Crippen molar-refractivity contribution in [1.29, 1.82) is 0 Å². The van der Waals surface area contributed by atoms with E-state index in [4.69, 9.17) is 4.74 Å². The minimum Gasteiger partial charge on any atom is -0.376 e. The van der Waals surface area contributed by atoms with Crippen molar-refractivity contribution in [2.75, 3.05) is 26.3 Å². The number of hydrogen-bond acceptors (Lipinski definition) is 1. The molecule has 0 amide bonds. The van der Waals surface area contributed by atoms with Crippen LogP contribution in [0.1, 0.15) is 51.4 Å². The molecule has 1 saturated carbocycles. The Hall–Kier alpha value is -0.0800. The van der Waals surface area contributed by atoms with Crippen LogP contribution in [0.15, 0.2) is 0 Å². The lowest BCUT2D eigenvalue weighted by molar-refractivity contribution is -0.927. The van der Waals surface area contributed by atoms with Gasteiger partial charge < -0.3 is 9.64 Å². The second kappa shape index (κ2) is 6.49. The maximum absolute atomic E-state index is 5.65. The van der Waals surface area contributed by atoms with Crippen LogP contribution < -0.4 is 4.90 Å². The molecule has 1 aliphatic carbocycles. The van der Waals surface area contributed by atoms with Crippen LogP contribution in [0.4, 0.5) is 0 Å². The molecule has 0 aromatic carbocycles. The average Bonchev–Trinajstić information content (AvgIpc) is 2.43. The fraction of sp³-hybridized carbons (Fsp3) is 1.00. The van der Waals surface area contributed by atoms with Crippen LogP contribution >= 0.6 is 0 Å². The number of quaternary nitrogens is 1.